The summed E-state index contributed by atoms with van der Waals surface area (Å²) >= 11 is 6.16. The molecule has 148 valence electrons. The fourth-order valence-corrected chi connectivity index (χ4v) is 3.42. The number of hydrogen-bond donors (Lipinski definition) is 2. The Kier molecular flexibility index (Phi) is 5.18. The van der Waals surface area contributed by atoms with Crippen LogP contribution < -0.4 is 15.0 Å². The molecule has 2 N–H and O–H groups in total. The first kappa shape index (κ1) is 18.9. The first-order valence-electron chi connectivity index (χ1n) is 8.97. The molecule has 0 saturated carbocycles. The number of carbonyl (C=O) groups is 2. The minimum Gasteiger partial charge on any atom is -0.497 e. The van der Waals surface area contributed by atoms with Crippen molar-refractivity contribution in [2.24, 2.45) is 5.92 Å². The Bertz CT molecular complexity index is 1050. The van der Waals surface area contributed by atoms with E-state index in [2.05, 4.69) is 20.5 Å². The molecule has 8 nitrogen and oxygen atoms in total. The van der Waals surface area contributed by atoms with Crippen molar-refractivity contribution in [1.82, 2.24) is 15.2 Å². The molecule has 0 spiro atoms. The van der Waals surface area contributed by atoms with Crippen LogP contribution in [0.3, 0.4) is 0 Å². The zero-order valence-electron chi connectivity index (χ0n) is 15.6. The normalized spacial score (nSPS) is 16.1. The molecule has 0 radical (unpaired) electrons. The minimum atomic E-state index is -0.494. The van der Waals surface area contributed by atoms with Gasteiger partial charge in [-0.25, -0.2) is 0 Å². The second-order valence-corrected chi connectivity index (χ2v) is 6.99. The van der Waals surface area contributed by atoms with Crippen molar-refractivity contribution in [1.29, 1.82) is 0 Å². The first-order valence-corrected chi connectivity index (χ1v) is 9.35. The summed E-state index contributed by atoms with van der Waals surface area (Å²) in [6.45, 7) is 0.290. The van der Waals surface area contributed by atoms with Crippen LogP contribution in [-0.4, -0.2) is 40.7 Å². The molecule has 2 aromatic carbocycles. The zero-order valence-corrected chi connectivity index (χ0v) is 16.3. The second kappa shape index (κ2) is 7.92. The van der Waals surface area contributed by atoms with Gasteiger partial charge in [-0.3, -0.25) is 20.0 Å². The van der Waals surface area contributed by atoms with E-state index in [1.807, 2.05) is 12.1 Å². The van der Waals surface area contributed by atoms with E-state index in [1.165, 1.54) is 0 Å². The van der Waals surface area contributed by atoms with Gasteiger partial charge < -0.3 is 9.64 Å². The molecule has 1 aromatic heterocycles. The van der Waals surface area contributed by atoms with Gasteiger partial charge in [0, 0.05) is 24.2 Å². The lowest BCUT2D eigenvalue weighted by Gasteiger charge is -2.16. The highest BCUT2D eigenvalue weighted by molar-refractivity contribution is 6.33. The predicted octanol–water partition coefficient (Wildman–Crippen LogP) is 3.13. The average molecular weight is 412 g/mol. The van der Waals surface area contributed by atoms with Gasteiger partial charge in [0.2, 0.25) is 17.8 Å². The largest absolute Gasteiger partial charge is 0.497 e. The van der Waals surface area contributed by atoms with Gasteiger partial charge >= 0.3 is 0 Å². The molecule has 2 amide bonds. The lowest BCUT2D eigenvalue weighted by Crippen LogP contribution is -2.28. The molecule has 0 bridgehead atoms. The number of rotatable bonds is 5. The highest BCUT2D eigenvalue weighted by Crippen LogP contribution is 2.28. The molecule has 1 atom stereocenters. The maximum absolute atomic E-state index is 12.6. The molecule has 1 aliphatic rings. The Morgan fingerprint density at radius 3 is 2.72 bits per heavy atom. The average Bonchev–Trinajstić information content (AvgIpc) is 3.35. The number of nitrogens with one attached hydrogen (secondary N) is 2. The maximum Gasteiger partial charge on any atom is 0.249 e. The topological polar surface area (TPSA) is 100 Å². The number of nitrogens with zero attached hydrogens (tertiary/aromatic N) is 3. The predicted molar refractivity (Wildman–Crippen MR) is 109 cm³/mol. The summed E-state index contributed by atoms with van der Waals surface area (Å²) < 4.78 is 5.13. The number of aromatic amines is 1. The van der Waals surface area contributed by atoms with Crippen molar-refractivity contribution >= 4 is 35.1 Å². The van der Waals surface area contributed by atoms with Crippen LogP contribution in [0.4, 0.5) is 11.6 Å². The molecule has 4 rings (SSSR count). The molecule has 1 aliphatic heterocycles. The number of H-pyrrole nitrogens is 1. The van der Waals surface area contributed by atoms with E-state index in [0.717, 1.165) is 5.69 Å². The number of benzene rings is 2. The fraction of sp³-hybridized carbons (Fsp3) is 0.200. The highest BCUT2D eigenvalue weighted by Gasteiger charge is 2.35. The van der Waals surface area contributed by atoms with E-state index in [9.17, 15) is 9.59 Å². The number of anilines is 2. The first-order chi connectivity index (χ1) is 14.0. The van der Waals surface area contributed by atoms with Crippen molar-refractivity contribution in [2.75, 3.05) is 23.9 Å². The van der Waals surface area contributed by atoms with E-state index in [0.29, 0.717) is 28.7 Å². The summed E-state index contributed by atoms with van der Waals surface area (Å²) in [7, 11) is 1.58. The number of ether oxygens (including phenoxy) is 1. The SMILES string of the molecule is COc1ccc(N2CC(C(=O)Nc3n[nH]c(-c4ccccc4Cl)n3)CC2=O)cc1. The van der Waals surface area contributed by atoms with Crippen LogP contribution in [0.5, 0.6) is 5.75 Å². The monoisotopic (exact) mass is 411 g/mol. The van der Waals surface area contributed by atoms with E-state index >= 15 is 0 Å². The fourth-order valence-electron chi connectivity index (χ4n) is 3.20. The van der Waals surface area contributed by atoms with Gasteiger partial charge in [-0.15, -0.1) is 5.10 Å². The number of aromatic nitrogens is 3. The zero-order chi connectivity index (χ0) is 20.4. The molecule has 1 fully saturated rings. The van der Waals surface area contributed by atoms with Gasteiger partial charge in [0.1, 0.15) is 5.75 Å². The third kappa shape index (κ3) is 3.93. The molecular formula is C20H18ClN5O3. The van der Waals surface area contributed by atoms with Crippen LogP contribution in [0.15, 0.2) is 48.5 Å². The Labute approximate surface area is 171 Å². The quantitative estimate of drug-likeness (QED) is 0.671. The van der Waals surface area contributed by atoms with E-state index in [1.54, 1.807) is 48.4 Å². The summed E-state index contributed by atoms with van der Waals surface area (Å²) in [6.07, 6.45) is 0.125. The third-order valence-corrected chi connectivity index (χ3v) is 5.06. The number of hydrogen-bond acceptors (Lipinski definition) is 5. The second-order valence-electron chi connectivity index (χ2n) is 6.58. The molecule has 29 heavy (non-hydrogen) atoms. The Morgan fingerprint density at radius 2 is 2.00 bits per heavy atom. The molecule has 2 heterocycles. The van der Waals surface area contributed by atoms with E-state index in [-0.39, 0.29) is 24.2 Å². The van der Waals surface area contributed by atoms with E-state index in [4.69, 9.17) is 16.3 Å². The van der Waals surface area contributed by atoms with Crippen molar-refractivity contribution < 1.29 is 14.3 Å². The van der Waals surface area contributed by atoms with E-state index < -0.39 is 5.92 Å². The number of methoxy groups -OCH3 is 1. The van der Waals surface area contributed by atoms with Crippen LogP contribution in [0, 0.1) is 5.92 Å². The van der Waals surface area contributed by atoms with Crippen LogP contribution in [0.2, 0.25) is 5.02 Å². The molecule has 1 unspecified atom stereocenters. The lowest BCUT2D eigenvalue weighted by molar-refractivity contribution is -0.122. The number of amides is 2. The minimum absolute atomic E-state index is 0.109. The van der Waals surface area contributed by atoms with Crippen molar-refractivity contribution in [3.8, 4) is 17.1 Å². The summed E-state index contributed by atoms with van der Waals surface area (Å²) in [5, 5.41) is 9.98. The summed E-state index contributed by atoms with van der Waals surface area (Å²) in [6, 6.07) is 14.3. The molecule has 9 heteroatoms. The van der Waals surface area contributed by atoms with Crippen LogP contribution in [-0.2, 0) is 9.59 Å². The molecular weight excluding hydrogens is 394 g/mol. The van der Waals surface area contributed by atoms with Gasteiger partial charge in [-0.05, 0) is 36.4 Å². The number of carbonyl (C=O) groups excluding carboxylic acids is 2. The van der Waals surface area contributed by atoms with Crippen LogP contribution in [0.1, 0.15) is 6.42 Å². The summed E-state index contributed by atoms with van der Waals surface area (Å²) in [5.41, 5.74) is 1.41. The molecule has 1 saturated heterocycles. The Hall–Kier alpha value is -3.39. The van der Waals surface area contributed by atoms with Crippen molar-refractivity contribution in [3.05, 3.63) is 53.6 Å². The summed E-state index contributed by atoms with van der Waals surface area (Å²) in [5.74, 6) is 0.384. The van der Waals surface area contributed by atoms with Crippen molar-refractivity contribution in [3.63, 3.8) is 0 Å². The van der Waals surface area contributed by atoms with Gasteiger partial charge in [0.25, 0.3) is 0 Å². The molecule has 3 aromatic rings. The lowest BCUT2D eigenvalue weighted by atomic mass is 10.1. The van der Waals surface area contributed by atoms with Gasteiger partial charge in [-0.2, -0.15) is 4.98 Å². The Balaban J connectivity index is 1.43. The van der Waals surface area contributed by atoms with Gasteiger partial charge in [0.15, 0.2) is 5.82 Å². The standard InChI is InChI=1S/C20H18ClN5O3/c1-29-14-8-6-13(7-9-14)26-11-12(10-17(26)27)19(28)23-20-22-18(24-25-20)15-4-2-3-5-16(15)21/h2-9,12H,10-11H2,1H3,(H2,22,23,24,25,28). The smallest absolute Gasteiger partial charge is 0.249 e. The van der Waals surface area contributed by atoms with Crippen LogP contribution in [0.25, 0.3) is 11.4 Å². The Morgan fingerprint density at radius 1 is 1.24 bits per heavy atom. The maximum atomic E-state index is 12.6. The van der Waals surface area contributed by atoms with Gasteiger partial charge in [-0.1, -0.05) is 23.7 Å². The van der Waals surface area contributed by atoms with Crippen molar-refractivity contribution in [2.45, 2.75) is 6.42 Å². The highest BCUT2D eigenvalue weighted by atomic mass is 35.5. The third-order valence-electron chi connectivity index (χ3n) is 4.73. The molecule has 0 aliphatic carbocycles. The van der Waals surface area contributed by atoms with Crippen LogP contribution >= 0.6 is 11.6 Å². The number of halogens is 1. The summed E-state index contributed by atoms with van der Waals surface area (Å²) in [4.78, 5) is 30.9. The van der Waals surface area contributed by atoms with Gasteiger partial charge in [0.05, 0.1) is 18.1 Å².